The molecule has 1 aliphatic heterocycles. The van der Waals surface area contributed by atoms with Gasteiger partial charge >= 0.3 is 0 Å². The second-order valence-electron chi connectivity index (χ2n) is 3.00. The Morgan fingerprint density at radius 2 is 2.00 bits per heavy atom. The lowest BCUT2D eigenvalue weighted by Crippen LogP contribution is -2.01. The Labute approximate surface area is 51.0 Å². The predicted octanol–water partition coefficient (Wildman–Crippen LogP) is 1.96. The zero-order valence-electron chi connectivity index (χ0n) is 5.90. The summed E-state index contributed by atoms with van der Waals surface area (Å²) < 4.78 is 5.34. The summed E-state index contributed by atoms with van der Waals surface area (Å²) in [5, 5.41) is 0. The van der Waals surface area contributed by atoms with Crippen molar-refractivity contribution < 1.29 is 4.74 Å². The molecule has 1 rings (SSSR count). The van der Waals surface area contributed by atoms with E-state index in [1.165, 1.54) is 12.8 Å². The normalized spacial score (nSPS) is 32.6. The molecule has 0 bridgehead atoms. The molecular formula is C7H14O. The third-order valence-electron chi connectivity index (χ3n) is 1.72. The van der Waals surface area contributed by atoms with Gasteiger partial charge in [-0.2, -0.15) is 0 Å². The van der Waals surface area contributed by atoms with Gasteiger partial charge in [-0.1, -0.05) is 13.3 Å². The second kappa shape index (κ2) is 1.73. The van der Waals surface area contributed by atoms with Gasteiger partial charge in [-0.15, -0.1) is 0 Å². The molecule has 0 aromatic carbocycles. The van der Waals surface area contributed by atoms with E-state index in [2.05, 4.69) is 20.8 Å². The molecule has 0 unspecified atom stereocenters. The van der Waals surface area contributed by atoms with Gasteiger partial charge in [0.15, 0.2) is 0 Å². The Balaban J connectivity index is 2.17. The van der Waals surface area contributed by atoms with Crippen LogP contribution >= 0.6 is 0 Å². The minimum atomic E-state index is 0.218. The van der Waals surface area contributed by atoms with Crippen LogP contribution in [0.2, 0.25) is 0 Å². The van der Waals surface area contributed by atoms with E-state index < -0.39 is 0 Å². The number of rotatable bonds is 2. The van der Waals surface area contributed by atoms with E-state index in [0.717, 1.165) is 0 Å². The van der Waals surface area contributed by atoms with Crippen LogP contribution in [0.15, 0.2) is 0 Å². The molecule has 0 aliphatic carbocycles. The third-order valence-corrected chi connectivity index (χ3v) is 1.72. The van der Waals surface area contributed by atoms with Gasteiger partial charge in [0.25, 0.3) is 0 Å². The SMILES string of the molecule is CCC[C@H]1OC1(C)C. The molecule has 1 saturated heterocycles. The largest absolute Gasteiger partial charge is 0.367 e. The highest BCUT2D eigenvalue weighted by Crippen LogP contribution is 2.37. The topological polar surface area (TPSA) is 12.5 Å². The van der Waals surface area contributed by atoms with E-state index in [-0.39, 0.29) is 5.60 Å². The fraction of sp³-hybridized carbons (Fsp3) is 1.00. The molecule has 0 spiro atoms. The van der Waals surface area contributed by atoms with Crippen molar-refractivity contribution in [3.8, 4) is 0 Å². The first-order valence-corrected chi connectivity index (χ1v) is 3.34. The third kappa shape index (κ3) is 1.03. The summed E-state index contributed by atoms with van der Waals surface area (Å²) in [6, 6.07) is 0. The van der Waals surface area contributed by atoms with E-state index in [9.17, 15) is 0 Å². The quantitative estimate of drug-likeness (QED) is 0.500. The Morgan fingerprint density at radius 1 is 1.50 bits per heavy atom. The Kier molecular flexibility index (Phi) is 1.31. The fourth-order valence-corrected chi connectivity index (χ4v) is 1.00. The molecule has 8 heavy (non-hydrogen) atoms. The van der Waals surface area contributed by atoms with Gasteiger partial charge in [0, 0.05) is 0 Å². The first-order valence-electron chi connectivity index (χ1n) is 3.34. The molecule has 0 radical (unpaired) electrons. The fourth-order valence-electron chi connectivity index (χ4n) is 1.00. The highest BCUT2D eigenvalue weighted by atomic mass is 16.6. The summed E-state index contributed by atoms with van der Waals surface area (Å²) in [5.74, 6) is 0. The summed E-state index contributed by atoms with van der Waals surface area (Å²) in [6.45, 7) is 6.48. The van der Waals surface area contributed by atoms with Crippen molar-refractivity contribution in [2.24, 2.45) is 0 Å². The molecule has 0 amide bonds. The summed E-state index contributed by atoms with van der Waals surface area (Å²) in [6.07, 6.45) is 3.04. The van der Waals surface area contributed by atoms with Crippen LogP contribution in [0.3, 0.4) is 0 Å². The molecule has 0 saturated carbocycles. The van der Waals surface area contributed by atoms with Crippen molar-refractivity contribution >= 4 is 0 Å². The Morgan fingerprint density at radius 3 is 2.12 bits per heavy atom. The van der Waals surface area contributed by atoms with E-state index in [1.807, 2.05) is 0 Å². The van der Waals surface area contributed by atoms with Gasteiger partial charge in [0.05, 0.1) is 11.7 Å². The summed E-state index contributed by atoms with van der Waals surface area (Å²) in [7, 11) is 0. The van der Waals surface area contributed by atoms with Crippen molar-refractivity contribution in [3.05, 3.63) is 0 Å². The number of hydrogen-bond donors (Lipinski definition) is 0. The summed E-state index contributed by atoms with van der Waals surface area (Å²) in [4.78, 5) is 0. The van der Waals surface area contributed by atoms with Crippen LogP contribution in [0.1, 0.15) is 33.6 Å². The van der Waals surface area contributed by atoms with E-state index in [1.54, 1.807) is 0 Å². The first kappa shape index (κ1) is 6.09. The van der Waals surface area contributed by atoms with Gasteiger partial charge in [-0.25, -0.2) is 0 Å². The van der Waals surface area contributed by atoms with Crippen LogP contribution in [0, 0.1) is 0 Å². The lowest BCUT2D eigenvalue weighted by molar-refractivity contribution is 0.319. The van der Waals surface area contributed by atoms with Crippen molar-refractivity contribution in [2.75, 3.05) is 0 Å². The van der Waals surface area contributed by atoms with Crippen molar-refractivity contribution in [2.45, 2.75) is 45.3 Å². The minimum Gasteiger partial charge on any atom is -0.367 e. The van der Waals surface area contributed by atoms with Crippen LogP contribution < -0.4 is 0 Å². The van der Waals surface area contributed by atoms with Gasteiger partial charge in [-0.3, -0.25) is 0 Å². The van der Waals surface area contributed by atoms with Crippen LogP contribution in [0.4, 0.5) is 0 Å². The van der Waals surface area contributed by atoms with Gasteiger partial charge in [0.2, 0.25) is 0 Å². The molecule has 1 aliphatic rings. The van der Waals surface area contributed by atoms with Crippen molar-refractivity contribution in [1.82, 2.24) is 0 Å². The van der Waals surface area contributed by atoms with Crippen molar-refractivity contribution in [3.63, 3.8) is 0 Å². The average molecular weight is 114 g/mol. The molecule has 0 aromatic heterocycles. The average Bonchev–Trinajstić information content (AvgIpc) is 2.15. The first-order chi connectivity index (χ1) is 3.67. The van der Waals surface area contributed by atoms with E-state index in [4.69, 9.17) is 4.74 Å². The molecule has 1 heterocycles. The number of ether oxygens (including phenoxy) is 1. The molecule has 1 heteroatoms. The molecule has 0 N–H and O–H groups in total. The molecule has 48 valence electrons. The molecule has 0 aromatic rings. The summed E-state index contributed by atoms with van der Waals surface area (Å²) in [5.41, 5.74) is 0.218. The molecule has 1 atom stereocenters. The maximum Gasteiger partial charge on any atom is 0.0892 e. The van der Waals surface area contributed by atoms with E-state index in [0.29, 0.717) is 6.10 Å². The lowest BCUT2D eigenvalue weighted by atomic mass is 10.1. The predicted molar refractivity (Wildman–Crippen MR) is 33.9 cm³/mol. The zero-order valence-corrected chi connectivity index (χ0v) is 5.90. The molecule has 1 nitrogen and oxygen atoms in total. The molecular weight excluding hydrogens is 100 g/mol. The smallest absolute Gasteiger partial charge is 0.0892 e. The zero-order chi connectivity index (χ0) is 6.20. The van der Waals surface area contributed by atoms with Crippen LogP contribution in [0.25, 0.3) is 0 Å². The highest BCUT2D eigenvalue weighted by molar-refractivity contribution is 4.93. The van der Waals surface area contributed by atoms with Crippen LogP contribution in [0.5, 0.6) is 0 Å². The maximum atomic E-state index is 5.34. The van der Waals surface area contributed by atoms with Gasteiger partial charge in [-0.05, 0) is 20.3 Å². The molecule has 1 fully saturated rings. The minimum absolute atomic E-state index is 0.218. The Hall–Kier alpha value is -0.0400. The monoisotopic (exact) mass is 114 g/mol. The van der Waals surface area contributed by atoms with Crippen LogP contribution in [-0.2, 0) is 4.74 Å². The number of hydrogen-bond acceptors (Lipinski definition) is 1. The second-order valence-corrected chi connectivity index (χ2v) is 3.00. The standard InChI is InChI=1S/C7H14O/c1-4-5-6-7(2,3)8-6/h6H,4-5H2,1-3H3/t6-/m1/s1. The Bertz CT molecular complexity index is 86.4. The lowest BCUT2D eigenvalue weighted by Gasteiger charge is -1.90. The number of epoxide rings is 1. The van der Waals surface area contributed by atoms with Gasteiger partial charge in [0.1, 0.15) is 0 Å². The van der Waals surface area contributed by atoms with Crippen molar-refractivity contribution in [1.29, 1.82) is 0 Å². The maximum absolute atomic E-state index is 5.34. The van der Waals surface area contributed by atoms with E-state index >= 15 is 0 Å². The van der Waals surface area contributed by atoms with Gasteiger partial charge < -0.3 is 4.74 Å². The summed E-state index contributed by atoms with van der Waals surface area (Å²) >= 11 is 0. The highest BCUT2D eigenvalue weighted by Gasteiger charge is 2.46. The van der Waals surface area contributed by atoms with Crippen LogP contribution in [-0.4, -0.2) is 11.7 Å².